The third-order valence-electron chi connectivity index (χ3n) is 2.57. The highest BCUT2D eigenvalue weighted by Crippen LogP contribution is 2.16. The van der Waals surface area contributed by atoms with Crippen molar-refractivity contribution < 1.29 is 4.42 Å². The van der Waals surface area contributed by atoms with Crippen molar-refractivity contribution >= 4 is 0 Å². The monoisotopic (exact) mass is 231 g/mol. The molecule has 2 aromatic rings. The van der Waals surface area contributed by atoms with Crippen LogP contribution < -0.4 is 5.32 Å². The van der Waals surface area contributed by atoms with Gasteiger partial charge in [0.15, 0.2) is 0 Å². The highest BCUT2D eigenvalue weighted by Gasteiger charge is 2.17. The minimum atomic E-state index is 0.0867. The molecule has 90 valence electrons. The fourth-order valence-electron chi connectivity index (χ4n) is 1.80. The Kier molecular flexibility index (Phi) is 3.88. The number of likely N-dealkylation sites (N-methyl/N-ethyl adjacent to an activating group) is 1. The van der Waals surface area contributed by atoms with E-state index in [-0.39, 0.29) is 6.04 Å². The largest absolute Gasteiger partial charge is 0.424 e. The normalized spacial score (nSPS) is 12.6. The van der Waals surface area contributed by atoms with Crippen molar-refractivity contribution in [2.45, 2.75) is 26.3 Å². The first-order valence-corrected chi connectivity index (χ1v) is 5.87. The zero-order chi connectivity index (χ0) is 12.1. The zero-order valence-electron chi connectivity index (χ0n) is 10.2. The quantitative estimate of drug-likeness (QED) is 0.857. The lowest BCUT2D eigenvalue weighted by molar-refractivity contribution is 0.389. The van der Waals surface area contributed by atoms with Gasteiger partial charge in [-0.15, -0.1) is 10.2 Å². The molecule has 0 aliphatic rings. The van der Waals surface area contributed by atoms with Crippen LogP contribution in [0.15, 0.2) is 34.7 Å². The summed E-state index contributed by atoms with van der Waals surface area (Å²) in [5, 5.41) is 11.3. The molecule has 1 aromatic carbocycles. The number of benzene rings is 1. The molecule has 4 nitrogen and oxygen atoms in total. The van der Waals surface area contributed by atoms with Crippen LogP contribution in [0.1, 0.15) is 30.3 Å². The fourth-order valence-corrected chi connectivity index (χ4v) is 1.80. The van der Waals surface area contributed by atoms with Crippen LogP contribution in [0, 0.1) is 6.92 Å². The minimum Gasteiger partial charge on any atom is -0.424 e. The van der Waals surface area contributed by atoms with Crippen molar-refractivity contribution in [3.63, 3.8) is 0 Å². The Hall–Kier alpha value is -1.68. The third-order valence-corrected chi connectivity index (χ3v) is 2.57. The number of hydrogen-bond acceptors (Lipinski definition) is 4. The van der Waals surface area contributed by atoms with E-state index in [1.807, 2.05) is 25.1 Å². The lowest BCUT2D eigenvalue weighted by Crippen LogP contribution is -2.23. The number of nitrogens with zero attached hydrogens (tertiary/aromatic N) is 2. The summed E-state index contributed by atoms with van der Waals surface area (Å²) in [7, 11) is 0. The molecule has 0 saturated heterocycles. The molecule has 0 spiro atoms. The highest BCUT2D eigenvalue weighted by molar-refractivity contribution is 5.16. The molecule has 2 rings (SSSR count). The molecular formula is C13H17N3O. The Morgan fingerprint density at radius 1 is 1.24 bits per heavy atom. The first-order valence-electron chi connectivity index (χ1n) is 5.87. The topological polar surface area (TPSA) is 51.0 Å². The van der Waals surface area contributed by atoms with Gasteiger partial charge < -0.3 is 9.73 Å². The summed E-state index contributed by atoms with van der Waals surface area (Å²) < 4.78 is 5.49. The maximum atomic E-state index is 5.49. The van der Waals surface area contributed by atoms with E-state index >= 15 is 0 Å². The summed E-state index contributed by atoms with van der Waals surface area (Å²) >= 11 is 0. The van der Waals surface area contributed by atoms with Gasteiger partial charge in [0.1, 0.15) is 0 Å². The molecule has 0 saturated carbocycles. The van der Waals surface area contributed by atoms with Crippen LogP contribution in [0.2, 0.25) is 0 Å². The van der Waals surface area contributed by atoms with Gasteiger partial charge in [-0.2, -0.15) is 0 Å². The first kappa shape index (κ1) is 11.8. The standard InChI is InChI=1S/C13H17N3O/c1-3-14-12(13-16-15-10(2)17-13)9-11-7-5-4-6-8-11/h4-8,12,14H,3,9H2,1-2H3. The maximum Gasteiger partial charge on any atom is 0.233 e. The van der Waals surface area contributed by atoms with Crippen LogP contribution in [0.4, 0.5) is 0 Å². The van der Waals surface area contributed by atoms with Crippen molar-refractivity contribution in [1.29, 1.82) is 0 Å². The highest BCUT2D eigenvalue weighted by atomic mass is 16.4. The summed E-state index contributed by atoms with van der Waals surface area (Å²) in [6, 6.07) is 10.4. The number of nitrogens with one attached hydrogen (secondary N) is 1. The average Bonchev–Trinajstić information content (AvgIpc) is 2.77. The molecular weight excluding hydrogens is 214 g/mol. The summed E-state index contributed by atoms with van der Waals surface area (Å²) in [6.45, 7) is 4.75. The van der Waals surface area contributed by atoms with Crippen LogP contribution in [0.3, 0.4) is 0 Å². The van der Waals surface area contributed by atoms with Crippen molar-refractivity contribution in [3.8, 4) is 0 Å². The molecule has 0 amide bonds. The van der Waals surface area contributed by atoms with Gasteiger partial charge in [-0.05, 0) is 18.5 Å². The summed E-state index contributed by atoms with van der Waals surface area (Å²) in [5.74, 6) is 1.27. The molecule has 0 bridgehead atoms. The molecule has 4 heteroatoms. The minimum absolute atomic E-state index is 0.0867. The Morgan fingerprint density at radius 2 is 2.00 bits per heavy atom. The van der Waals surface area contributed by atoms with Crippen molar-refractivity contribution in [2.75, 3.05) is 6.54 Å². The van der Waals surface area contributed by atoms with Gasteiger partial charge >= 0.3 is 0 Å². The molecule has 1 N–H and O–H groups in total. The maximum absolute atomic E-state index is 5.49. The van der Waals surface area contributed by atoms with E-state index in [4.69, 9.17) is 4.42 Å². The summed E-state index contributed by atoms with van der Waals surface area (Å²) in [5.41, 5.74) is 1.26. The molecule has 0 aliphatic carbocycles. The van der Waals surface area contributed by atoms with E-state index in [9.17, 15) is 0 Å². The number of aryl methyl sites for hydroxylation is 1. The molecule has 1 heterocycles. The molecule has 0 radical (unpaired) electrons. The van der Waals surface area contributed by atoms with Gasteiger partial charge in [-0.3, -0.25) is 0 Å². The van der Waals surface area contributed by atoms with Crippen LogP contribution in [-0.2, 0) is 6.42 Å². The molecule has 1 aromatic heterocycles. The molecule has 0 fully saturated rings. The second-order valence-electron chi connectivity index (χ2n) is 3.96. The van der Waals surface area contributed by atoms with Gasteiger partial charge in [-0.1, -0.05) is 37.3 Å². The van der Waals surface area contributed by atoms with E-state index < -0.39 is 0 Å². The third kappa shape index (κ3) is 3.14. The smallest absolute Gasteiger partial charge is 0.233 e. The Labute approximate surface area is 101 Å². The molecule has 1 atom stereocenters. The van der Waals surface area contributed by atoms with Crippen LogP contribution in [-0.4, -0.2) is 16.7 Å². The van der Waals surface area contributed by atoms with Crippen molar-refractivity contribution in [1.82, 2.24) is 15.5 Å². The lowest BCUT2D eigenvalue weighted by atomic mass is 10.1. The Morgan fingerprint density at radius 3 is 2.59 bits per heavy atom. The van der Waals surface area contributed by atoms with E-state index in [0.29, 0.717) is 11.8 Å². The second-order valence-corrected chi connectivity index (χ2v) is 3.96. The van der Waals surface area contributed by atoms with Gasteiger partial charge in [0.25, 0.3) is 0 Å². The fraction of sp³-hybridized carbons (Fsp3) is 0.385. The number of hydrogen-bond donors (Lipinski definition) is 1. The number of aromatic nitrogens is 2. The van der Waals surface area contributed by atoms with Gasteiger partial charge in [-0.25, -0.2) is 0 Å². The van der Waals surface area contributed by atoms with Crippen LogP contribution >= 0.6 is 0 Å². The SMILES string of the molecule is CCNC(Cc1ccccc1)c1nnc(C)o1. The van der Waals surface area contributed by atoms with E-state index in [1.165, 1.54) is 5.56 Å². The lowest BCUT2D eigenvalue weighted by Gasteiger charge is -2.13. The van der Waals surface area contributed by atoms with Gasteiger partial charge in [0.05, 0.1) is 6.04 Å². The summed E-state index contributed by atoms with van der Waals surface area (Å²) in [6.07, 6.45) is 0.857. The van der Waals surface area contributed by atoms with Crippen LogP contribution in [0.5, 0.6) is 0 Å². The average molecular weight is 231 g/mol. The molecule has 0 aliphatic heterocycles. The van der Waals surface area contributed by atoms with Gasteiger partial charge in [0, 0.05) is 6.92 Å². The first-order chi connectivity index (χ1) is 8.29. The Bertz CT molecular complexity index is 453. The van der Waals surface area contributed by atoms with E-state index in [2.05, 4.69) is 34.6 Å². The molecule has 17 heavy (non-hydrogen) atoms. The Balaban J connectivity index is 2.13. The van der Waals surface area contributed by atoms with E-state index in [0.717, 1.165) is 13.0 Å². The van der Waals surface area contributed by atoms with Crippen molar-refractivity contribution in [2.24, 2.45) is 0 Å². The predicted octanol–water partition coefficient (Wildman–Crippen LogP) is 2.27. The predicted molar refractivity (Wildman–Crippen MR) is 65.6 cm³/mol. The van der Waals surface area contributed by atoms with E-state index in [1.54, 1.807) is 0 Å². The zero-order valence-corrected chi connectivity index (χ0v) is 10.2. The molecule has 1 unspecified atom stereocenters. The second kappa shape index (κ2) is 5.59. The van der Waals surface area contributed by atoms with Crippen LogP contribution in [0.25, 0.3) is 0 Å². The summed E-state index contributed by atoms with van der Waals surface area (Å²) in [4.78, 5) is 0. The van der Waals surface area contributed by atoms with Gasteiger partial charge in [0.2, 0.25) is 11.8 Å². The number of rotatable bonds is 5. The van der Waals surface area contributed by atoms with Crippen molar-refractivity contribution in [3.05, 3.63) is 47.7 Å².